The molecule has 0 saturated heterocycles. The molecule has 2 aromatic heterocycles. The summed E-state index contributed by atoms with van der Waals surface area (Å²) >= 11 is 1.39. The third kappa shape index (κ3) is 3.82. The van der Waals surface area contributed by atoms with Gasteiger partial charge >= 0.3 is 0 Å². The van der Waals surface area contributed by atoms with Crippen LogP contribution in [0.5, 0.6) is 0 Å². The van der Waals surface area contributed by atoms with Gasteiger partial charge in [0.15, 0.2) is 5.13 Å². The second-order valence-electron chi connectivity index (χ2n) is 7.00. The van der Waals surface area contributed by atoms with E-state index in [2.05, 4.69) is 33.6 Å². The van der Waals surface area contributed by atoms with Gasteiger partial charge in [0.2, 0.25) is 5.91 Å². The van der Waals surface area contributed by atoms with Gasteiger partial charge in [0.05, 0.1) is 23.2 Å². The highest BCUT2D eigenvalue weighted by atomic mass is 32.1. The summed E-state index contributed by atoms with van der Waals surface area (Å²) in [7, 11) is 1.59. The molecule has 4 rings (SSSR count). The molecule has 29 heavy (non-hydrogen) atoms. The van der Waals surface area contributed by atoms with E-state index in [0.29, 0.717) is 21.6 Å². The Morgan fingerprint density at radius 1 is 1.14 bits per heavy atom. The van der Waals surface area contributed by atoms with Crippen LogP contribution in [-0.4, -0.2) is 20.7 Å². The zero-order valence-electron chi connectivity index (χ0n) is 16.4. The molecular weight excluding hydrogens is 384 g/mol. The molecule has 0 fully saturated rings. The van der Waals surface area contributed by atoms with Crippen LogP contribution in [0.2, 0.25) is 0 Å². The molecule has 0 unspecified atom stereocenters. The number of hydrogen-bond donors (Lipinski definition) is 1. The van der Waals surface area contributed by atoms with E-state index in [1.54, 1.807) is 19.2 Å². The van der Waals surface area contributed by atoms with Gasteiger partial charge in [0.25, 0.3) is 5.56 Å². The molecule has 0 aliphatic carbocycles. The van der Waals surface area contributed by atoms with E-state index in [1.807, 2.05) is 31.4 Å². The largest absolute Gasteiger partial charge is 0.302 e. The Morgan fingerprint density at radius 2 is 1.90 bits per heavy atom. The van der Waals surface area contributed by atoms with Gasteiger partial charge in [-0.3, -0.25) is 9.59 Å². The van der Waals surface area contributed by atoms with Crippen LogP contribution in [0.1, 0.15) is 16.8 Å². The molecule has 0 spiro atoms. The van der Waals surface area contributed by atoms with E-state index in [1.165, 1.54) is 16.0 Å². The second kappa shape index (κ2) is 7.60. The number of amides is 1. The predicted octanol–water partition coefficient (Wildman–Crippen LogP) is 3.86. The lowest BCUT2D eigenvalue weighted by Crippen LogP contribution is -2.24. The van der Waals surface area contributed by atoms with Gasteiger partial charge in [-0.05, 0) is 31.5 Å². The summed E-state index contributed by atoms with van der Waals surface area (Å²) in [5.41, 5.74) is 4.59. The first kappa shape index (κ1) is 19.0. The Morgan fingerprint density at radius 3 is 2.69 bits per heavy atom. The molecular formula is C22H20N4O2S. The first-order chi connectivity index (χ1) is 13.9. The highest BCUT2D eigenvalue weighted by Crippen LogP contribution is 2.28. The molecule has 2 heterocycles. The number of nitrogens with one attached hydrogen (secondary N) is 1. The topological polar surface area (TPSA) is 76.9 Å². The zero-order chi connectivity index (χ0) is 20.5. The van der Waals surface area contributed by atoms with Crippen molar-refractivity contribution >= 4 is 33.1 Å². The highest BCUT2D eigenvalue weighted by Gasteiger charge is 2.14. The Balaban J connectivity index is 1.57. The minimum Gasteiger partial charge on any atom is -0.302 e. The van der Waals surface area contributed by atoms with Crippen LogP contribution < -0.4 is 10.9 Å². The molecule has 0 atom stereocenters. The van der Waals surface area contributed by atoms with E-state index in [-0.39, 0.29) is 17.9 Å². The average molecular weight is 404 g/mol. The normalized spacial score (nSPS) is 11.0. The molecule has 7 heteroatoms. The summed E-state index contributed by atoms with van der Waals surface area (Å²) in [6.45, 7) is 4.09. The zero-order valence-corrected chi connectivity index (χ0v) is 17.2. The fourth-order valence-corrected chi connectivity index (χ4v) is 4.02. The van der Waals surface area contributed by atoms with E-state index in [0.717, 1.165) is 22.4 Å². The van der Waals surface area contributed by atoms with Crippen LogP contribution in [0.15, 0.2) is 52.6 Å². The third-order valence-corrected chi connectivity index (χ3v) is 5.54. The molecule has 1 amide bonds. The van der Waals surface area contributed by atoms with Crippen molar-refractivity contribution in [3.63, 3.8) is 0 Å². The van der Waals surface area contributed by atoms with Crippen molar-refractivity contribution in [2.75, 3.05) is 5.32 Å². The smallest absolute Gasteiger partial charge is 0.274 e. The number of carbonyl (C=O) groups is 1. The fraction of sp³-hybridized carbons (Fsp3) is 0.182. The number of benzene rings is 2. The molecule has 4 aromatic rings. The lowest BCUT2D eigenvalue weighted by Gasteiger charge is -2.08. The minimum absolute atomic E-state index is 0.0625. The number of nitrogens with zero attached hydrogens (tertiary/aromatic N) is 3. The highest BCUT2D eigenvalue weighted by molar-refractivity contribution is 7.14. The predicted molar refractivity (Wildman–Crippen MR) is 116 cm³/mol. The molecule has 0 aliphatic heterocycles. The molecule has 1 N–H and O–H groups in total. The van der Waals surface area contributed by atoms with Gasteiger partial charge in [-0.25, -0.2) is 9.67 Å². The number of anilines is 1. The van der Waals surface area contributed by atoms with Gasteiger partial charge in [0.1, 0.15) is 0 Å². The minimum atomic E-state index is -0.219. The van der Waals surface area contributed by atoms with E-state index in [4.69, 9.17) is 0 Å². The Kier molecular flexibility index (Phi) is 4.98. The Hall–Kier alpha value is -3.32. The maximum Gasteiger partial charge on any atom is 0.274 e. The number of rotatable bonds is 4. The number of thiazole rings is 1. The quantitative estimate of drug-likeness (QED) is 0.560. The standard InChI is InChI=1S/C22H20N4O2S/c1-13-8-9-14(2)17(10-13)19-12-29-22(23-19)24-20(27)11-18-15-6-4-5-7-16(15)21(28)26(3)25-18/h4-10,12H,11H2,1-3H3,(H,23,24,27). The van der Waals surface area contributed by atoms with Crippen molar-refractivity contribution in [3.05, 3.63) is 75.0 Å². The first-order valence-electron chi connectivity index (χ1n) is 9.20. The maximum absolute atomic E-state index is 12.6. The summed E-state index contributed by atoms with van der Waals surface area (Å²) in [5.74, 6) is -0.219. The molecule has 0 aliphatic rings. The molecule has 2 aromatic carbocycles. The van der Waals surface area contributed by atoms with Crippen molar-refractivity contribution in [2.45, 2.75) is 20.3 Å². The average Bonchev–Trinajstić information content (AvgIpc) is 3.16. The Labute approximate surface area is 171 Å². The molecule has 6 nitrogen and oxygen atoms in total. The summed E-state index contributed by atoms with van der Waals surface area (Å²) in [4.78, 5) is 29.4. The fourth-order valence-electron chi connectivity index (χ4n) is 3.29. The number of hydrogen-bond acceptors (Lipinski definition) is 5. The Bertz CT molecular complexity index is 1290. The SMILES string of the molecule is Cc1ccc(C)c(-c2csc(NC(=O)Cc3nn(C)c(=O)c4ccccc34)n2)c1. The van der Waals surface area contributed by atoms with Gasteiger partial charge in [0, 0.05) is 23.4 Å². The summed E-state index contributed by atoms with van der Waals surface area (Å²) in [6.07, 6.45) is 0.0625. The first-order valence-corrected chi connectivity index (χ1v) is 10.1. The number of carbonyl (C=O) groups excluding carboxylic acids is 1. The lowest BCUT2D eigenvalue weighted by molar-refractivity contribution is -0.115. The van der Waals surface area contributed by atoms with Gasteiger partial charge in [-0.15, -0.1) is 11.3 Å². The third-order valence-electron chi connectivity index (χ3n) is 4.78. The molecule has 0 bridgehead atoms. The van der Waals surface area contributed by atoms with Crippen molar-refractivity contribution in [2.24, 2.45) is 7.05 Å². The van der Waals surface area contributed by atoms with Crippen molar-refractivity contribution < 1.29 is 4.79 Å². The van der Waals surface area contributed by atoms with Crippen LogP contribution in [0.4, 0.5) is 5.13 Å². The van der Waals surface area contributed by atoms with Crippen molar-refractivity contribution in [1.29, 1.82) is 0 Å². The molecule has 0 saturated carbocycles. The van der Waals surface area contributed by atoms with Crippen molar-refractivity contribution in [3.8, 4) is 11.3 Å². The van der Waals surface area contributed by atoms with E-state index < -0.39 is 0 Å². The second-order valence-corrected chi connectivity index (χ2v) is 7.86. The van der Waals surface area contributed by atoms with Crippen LogP contribution in [0.25, 0.3) is 22.0 Å². The van der Waals surface area contributed by atoms with Gasteiger partial charge < -0.3 is 5.32 Å². The lowest BCUT2D eigenvalue weighted by atomic mass is 10.0. The summed E-state index contributed by atoms with van der Waals surface area (Å²) in [6, 6.07) is 13.4. The van der Waals surface area contributed by atoms with Gasteiger partial charge in [-0.1, -0.05) is 35.9 Å². The summed E-state index contributed by atoms with van der Waals surface area (Å²) < 4.78 is 1.27. The van der Waals surface area contributed by atoms with Gasteiger partial charge in [-0.2, -0.15) is 5.10 Å². The summed E-state index contributed by atoms with van der Waals surface area (Å²) in [5, 5.41) is 10.9. The monoisotopic (exact) mass is 404 g/mol. The number of aryl methyl sites for hydroxylation is 3. The molecule has 0 radical (unpaired) electrons. The number of aromatic nitrogens is 3. The van der Waals surface area contributed by atoms with Crippen LogP contribution in [-0.2, 0) is 18.3 Å². The van der Waals surface area contributed by atoms with E-state index in [9.17, 15) is 9.59 Å². The van der Waals surface area contributed by atoms with E-state index >= 15 is 0 Å². The maximum atomic E-state index is 12.6. The number of fused-ring (bicyclic) bond motifs is 1. The van der Waals surface area contributed by atoms with Crippen LogP contribution in [0, 0.1) is 13.8 Å². The van der Waals surface area contributed by atoms with Crippen LogP contribution in [0.3, 0.4) is 0 Å². The van der Waals surface area contributed by atoms with Crippen LogP contribution >= 0.6 is 11.3 Å². The van der Waals surface area contributed by atoms with Crippen molar-refractivity contribution in [1.82, 2.24) is 14.8 Å². The molecule has 146 valence electrons.